The number of phenols is 2. The second-order valence-electron chi connectivity index (χ2n) is 5.72. The average molecular weight is 335 g/mol. The topological polar surface area (TPSA) is 75.7 Å². The van der Waals surface area contributed by atoms with Gasteiger partial charge >= 0.3 is 0 Å². The summed E-state index contributed by atoms with van der Waals surface area (Å²) in [5, 5.41) is 21.1. The number of para-hydroxylation sites is 2. The van der Waals surface area contributed by atoms with E-state index >= 15 is 0 Å². The molecular weight excluding hydrogens is 314 g/mol. The zero-order valence-electron chi connectivity index (χ0n) is 13.8. The van der Waals surface area contributed by atoms with Gasteiger partial charge in [-0.2, -0.15) is 0 Å². The smallest absolute Gasteiger partial charge is 0.150 e. The lowest BCUT2D eigenvalue weighted by molar-refractivity contribution is 0.0148. The molecular formula is C21H21NO3. The molecule has 0 radical (unpaired) electrons. The van der Waals surface area contributed by atoms with Gasteiger partial charge in [0, 0.05) is 17.7 Å². The number of hydrogen-bond donors (Lipinski definition) is 3. The Bertz CT molecular complexity index is 788. The van der Waals surface area contributed by atoms with E-state index in [-0.39, 0.29) is 18.1 Å². The van der Waals surface area contributed by atoms with Crippen LogP contribution in [-0.4, -0.2) is 23.4 Å². The fourth-order valence-electron chi connectivity index (χ4n) is 3.12. The minimum Gasteiger partial charge on any atom is -0.508 e. The predicted octanol–water partition coefficient (Wildman–Crippen LogP) is 3.37. The molecule has 0 unspecified atom stereocenters. The lowest BCUT2D eigenvalue weighted by Crippen LogP contribution is -2.35. The summed E-state index contributed by atoms with van der Waals surface area (Å²) in [6, 6.07) is 23.5. The first kappa shape index (κ1) is 17.0. The van der Waals surface area contributed by atoms with Gasteiger partial charge in [0.2, 0.25) is 0 Å². The molecule has 3 aromatic rings. The van der Waals surface area contributed by atoms with Crippen LogP contribution in [0.2, 0.25) is 0 Å². The molecule has 4 N–H and O–H groups in total. The second-order valence-corrected chi connectivity index (χ2v) is 5.72. The summed E-state index contributed by atoms with van der Waals surface area (Å²) in [4.78, 5) is 0. The van der Waals surface area contributed by atoms with Gasteiger partial charge in [-0.15, -0.1) is 0 Å². The van der Waals surface area contributed by atoms with Crippen LogP contribution in [0.1, 0.15) is 16.7 Å². The average Bonchev–Trinajstić information content (AvgIpc) is 2.65. The molecule has 0 saturated carbocycles. The van der Waals surface area contributed by atoms with E-state index in [1.165, 1.54) is 0 Å². The molecule has 0 aliphatic rings. The Labute approximate surface area is 147 Å². The van der Waals surface area contributed by atoms with E-state index in [0.717, 1.165) is 5.56 Å². The lowest BCUT2D eigenvalue weighted by Gasteiger charge is -2.36. The minimum atomic E-state index is -1.17. The van der Waals surface area contributed by atoms with Gasteiger partial charge in [0.1, 0.15) is 11.5 Å². The van der Waals surface area contributed by atoms with Crippen molar-refractivity contribution >= 4 is 0 Å². The Hall–Kier alpha value is -2.82. The molecule has 0 saturated heterocycles. The van der Waals surface area contributed by atoms with Crippen molar-refractivity contribution in [3.8, 4) is 11.5 Å². The van der Waals surface area contributed by atoms with Gasteiger partial charge in [-0.25, -0.2) is 0 Å². The Morgan fingerprint density at radius 1 is 0.720 bits per heavy atom. The largest absolute Gasteiger partial charge is 0.508 e. The third-order valence-corrected chi connectivity index (χ3v) is 4.18. The van der Waals surface area contributed by atoms with Gasteiger partial charge in [0.25, 0.3) is 0 Å². The first-order valence-electron chi connectivity index (χ1n) is 8.16. The van der Waals surface area contributed by atoms with Gasteiger partial charge in [0.15, 0.2) is 5.60 Å². The lowest BCUT2D eigenvalue weighted by atomic mass is 9.79. The highest BCUT2D eigenvalue weighted by Gasteiger charge is 2.41. The van der Waals surface area contributed by atoms with E-state index in [1.807, 2.05) is 42.5 Å². The van der Waals surface area contributed by atoms with Crippen molar-refractivity contribution in [3.63, 3.8) is 0 Å². The maximum Gasteiger partial charge on any atom is 0.150 e. The fraction of sp³-hybridized carbons (Fsp3) is 0.143. The molecule has 0 bridgehead atoms. The second kappa shape index (κ2) is 7.38. The van der Waals surface area contributed by atoms with Crippen LogP contribution in [0.3, 0.4) is 0 Å². The number of benzene rings is 3. The van der Waals surface area contributed by atoms with E-state index in [1.54, 1.807) is 36.4 Å². The molecule has 25 heavy (non-hydrogen) atoms. The summed E-state index contributed by atoms with van der Waals surface area (Å²) in [7, 11) is 0. The van der Waals surface area contributed by atoms with E-state index in [0.29, 0.717) is 17.7 Å². The van der Waals surface area contributed by atoms with Crippen molar-refractivity contribution in [1.29, 1.82) is 0 Å². The molecule has 4 nitrogen and oxygen atoms in total. The monoisotopic (exact) mass is 335 g/mol. The molecule has 0 fully saturated rings. The number of ether oxygens (including phenoxy) is 1. The molecule has 3 aromatic carbocycles. The summed E-state index contributed by atoms with van der Waals surface area (Å²) >= 11 is 0. The van der Waals surface area contributed by atoms with Gasteiger partial charge in [-0.05, 0) is 17.7 Å². The van der Waals surface area contributed by atoms with Crippen LogP contribution in [0.15, 0.2) is 78.9 Å². The molecule has 0 aromatic heterocycles. The Morgan fingerprint density at radius 3 is 1.68 bits per heavy atom. The van der Waals surface area contributed by atoms with Crippen LogP contribution in [0, 0.1) is 0 Å². The highest BCUT2D eigenvalue weighted by atomic mass is 16.5. The maximum absolute atomic E-state index is 10.6. The Balaban J connectivity index is 2.36. The quantitative estimate of drug-likeness (QED) is 0.604. The first-order chi connectivity index (χ1) is 12.2. The third-order valence-electron chi connectivity index (χ3n) is 4.18. The molecule has 0 heterocycles. The van der Waals surface area contributed by atoms with E-state index in [2.05, 4.69) is 0 Å². The molecule has 3 rings (SSSR count). The van der Waals surface area contributed by atoms with Gasteiger partial charge < -0.3 is 20.7 Å². The first-order valence-corrected chi connectivity index (χ1v) is 8.16. The Kier molecular flexibility index (Phi) is 5.03. The molecule has 0 aliphatic carbocycles. The van der Waals surface area contributed by atoms with Crippen molar-refractivity contribution in [2.24, 2.45) is 5.73 Å². The molecule has 4 heteroatoms. The van der Waals surface area contributed by atoms with Gasteiger partial charge in [0.05, 0.1) is 6.61 Å². The summed E-state index contributed by atoms with van der Waals surface area (Å²) in [5.74, 6) is 0.179. The maximum atomic E-state index is 10.6. The third kappa shape index (κ3) is 3.09. The van der Waals surface area contributed by atoms with E-state index in [4.69, 9.17) is 10.5 Å². The van der Waals surface area contributed by atoms with Gasteiger partial charge in [-0.3, -0.25) is 0 Å². The summed E-state index contributed by atoms with van der Waals surface area (Å²) in [5.41, 5.74) is 6.43. The van der Waals surface area contributed by atoms with Gasteiger partial charge in [-0.1, -0.05) is 66.7 Å². The number of nitrogens with two attached hydrogens (primary N) is 1. The summed E-state index contributed by atoms with van der Waals surface area (Å²) < 4.78 is 6.25. The van der Waals surface area contributed by atoms with Crippen molar-refractivity contribution in [2.75, 3.05) is 13.2 Å². The van der Waals surface area contributed by atoms with Crippen LogP contribution < -0.4 is 5.73 Å². The normalized spacial score (nSPS) is 11.4. The van der Waals surface area contributed by atoms with Crippen LogP contribution in [0.25, 0.3) is 0 Å². The Morgan fingerprint density at radius 2 is 1.20 bits per heavy atom. The highest BCUT2D eigenvalue weighted by molar-refractivity contribution is 5.56. The van der Waals surface area contributed by atoms with Crippen molar-refractivity contribution in [3.05, 3.63) is 95.6 Å². The standard InChI is InChI=1S/C21H21NO3/c22-14-15-25-21(16-8-2-1-3-9-16,17-10-4-6-12-19(17)23)18-11-5-7-13-20(18)24/h1-13,23-24H,14-15,22H2. The molecule has 0 atom stereocenters. The van der Waals surface area contributed by atoms with E-state index < -0.39 is 5.60 Å². The van der Waals surface area contributed by atoms with Crippen molar-refractivity contribution in [1.82, 2.24) is 0 Å². The predicted molar refractivity (Wildman–Crippen MR) is 97.5 cm³/mol. The van der Waals surface area contributed by atoms with Crippen LogP contribution in [0.5, 0.6) is 11.5 Å². The summed E-state index contributed by atoms with van der Waals surface area (Å²) in [6.07, 6.45) is 0. The molecule has 128 valence electrons. The number of hydrogen-bond acceptors (Lipinski definition) is 4. The zero-order valence-corrected chi connectivity index (χ0v) is 13.8. The highest BCUT2D eigenvalue weighted by Crippen LogP contribution is 2.46. The van der Waals surface area contributed by atoms with Crippen molar-refractivity contribution < 1.29 is 14.9 Å². The van der Waals surface area contributed by atoms with Crippen LogP contribution >= 0.6 is 0 Å². The summed E-state index contributed by atoms with van der Waals surface area (Å²) in [6.45, 7) is 0.577. The molecule has 0 amide bonds. The van der Waals surface area contributed by atoms with E-state index in [9.17, 15) is 10.2 Å². The minimum absolute atomic E-state index is 0.0895. The number of phenolic OH excluding ortho intramolecular Hbond substituents is 2. The molecule has 0 spiro atoms. The number of aromatic hydroxyl groups is 2. The van der Waals surface area contributed by atoms with Crippen LogP contribution in [-0.2, 0) is 10.3 Å². The fourth-order valence-corrected chi connectivity index (χ4v) is 3.12. The zero-order chi connectivity index (χ0) is 17.7. The van der Waals surface area contributed by atoms with Crippen LogP contribution in [0.4, 0.5) is 0 Å². The van der Waals surface area contributed by atoms with Crippen molar-refractivity contribution in [2.45, 2.75) is 5.60 Å². The number of rotatable bonds is 6. The SMILES string of the molecule is NCCOC(c1ccccc1)(c1ccccc1O)c1ccccc1O. The molecule has 0 aliphatic heterocycles.